The quantitative estimate of drug-likeness (QED) is 0.783. The molecule has 0 aromatic carbocycles. The number of aromatic nitrogens is 1. The SMILES string of the molecule is CC(C)(C)C(=O)N1CCCN(c2ccc(S(=O)(=O)N3CCCC3)cn2)CC1. The summed E-state index contributed by atoms with van der Waals surface area (Å²) >= 11 is 0. The van der Waals surface area contributed by atoms with Crippen molar-refractivity contribution in [3.05, 3.63) is 18.3 Å². The lowest BCUT2D eigenvalue weighted by molar-refractivity contribution is -0.139. The predicted octanol–water partition coefficient (Wildman–Crippen LogP) is 1.95. The molecule has 1 aromatic rings. The molecule has 2 aliphatic rings. The first-order valence-electron chi connectivity index (χ1n) is 9.70. The molecule has 0 bridgehead atoms. The topological polar surface area (TPSA) is 73.8 Å². The van der Waals surface area contributed by atoms with Crippen molar-refractivity contribution >= 4 is 21.7 Å². The monoisotopic (exact) mass is 394 g/mol. The number of nitrogens with zero attached hydrogens (tertiary/aromatic N) is 4. The van der Waals surface area contributed by atoms with Crippen LogP contribution in [0.15, 0.2) is 23.2 Å². The van der Waals surface area contributed by atoms with Crippen molar-refractivity contribution in [2.45, 2.75) is 44.9 Å². The molecule has 3 rings (SSSR count). The number of rotatable bonds is 3. The molecule has 0 N–H and O–H groups in total. The molecule has 7 nitrogen and oxygen atoms in total. The Morgan fingerprint density at radius 2 is 1.67 bits per heavy atom. The molecule has 2 aliphatic heterocycles. The molecule has 0 unspecified atom stereocenters. The summed E-state index contributed by atoms with van der Waals surface area (Å²) in [4.78, 5) is 21.2. The van der Waals surface area contributed by atoms with Gasteiger partial charge in [0.05, 0.1) is 0 Å². The van der Waals surface area contributed by atoms with E-state index in [1.54, 1.807) is 12.1 Å². The molecule has 0 saturated carbocycles. The molecular formula is C19H30N4O3S. The molecule has 0 atom stereocenters. The van der Waals surface area contributed by atoms with E-state index < -0.39 is 10.0 Å². The zero-order chi connectivity index (χ0) is 19.7. The van der Waals surface area contributed by atoms with Crippen LogP contribution in [0.1, 0.15) is 40.0 Å². The lowest BCUT2D eigenvalue weighted by Crippen LogP contribution is -2.41. The summed E-state index contributed by atoms with van der Waals surface area (Å²) in [5.74, 6) is 0.935. The smallest absolute Gasteiger partial charge is 0.244 e. The van der Waals surface area contributed by atoms with Crippen LogP contribution in [0.3, 0.4) is 0 Å². The van der Waals surface area contributed by atoms with Gasteiger partial charge in [0, 0.05) is 50.9 Å². The predicted molar refractivity (Wildman–Crippen MR) is 105 cm³/mol. The summed E-state index contributed by atoms with van der Waals surface area (Å²) in [6.45, 7) is 9.92. The molecule has 2 saturated heterocycles. The van der Waals surface area contributed by atoms with Crippen LogP contribution in [-0.4, -0.2) is 67.8 Å². The molecule has 0 radical (unpaired) electrons. The highest BCUT2D eigenvalue weighted by Crippen LogP contribution is 2.23. The van der Waals surface area contributed by atoms with Gasteiger partial charge in [0.25, 0.3) is 0 Å². The molecule has 150 valence electrons. The molecule has 2 fully saturated rings. The number of carbonyl (C=O) groups excluding carboxylic acids is 1. The highest BCUT2D eigenvalue weighted by atomic mass is 32.2. The minimum absolute atomic E-state index is 0.171. The number of pyridine rings is 1. The fourth-order valence-electron chi connectivity index (χ4n) is 3.61. The average molecular weight is 395 g/mol. The van der Waals surface area contributed by atoms with Crippen LogP contribution in [0, 0.1) is 5.41 Å². The zero-order valence-corrected chi connectivity index (χ0v) is 17.3. The molecule has 0 spiro atoms. The van der Waals surface area contributed by atoms with Crippen LogP contribution in [0.5, 0.6) is 0 Å². The summed E-state index contributed by atoms with van der Waals surface area (Å²) in [6.07, 6.45) is 4.17. The van der Waals surface area contributed by atoms with Crippen LogP contribution < -0.4 is 4.90 Å². The highest BCUT2D eigenvalue weighted by Gasteiger charge is 2.30. The fraction of sp³-hybridized carbons (Fsp3) is 0.684. The molecular weight excluding hydrogens is 364 g/mol. The Balaban J connectivity index is 1.68. The summed E-state index contributed by atoms with van der Waals surface area (Å²) in [6, 6.07) is 3.43. The molecule has 0 aliphatic carbocycles. The Kier molecular flexibility index (Phi) is 5.76. The van der Waals surface area contributed by atoms with Gasteiger partial charge in [0.2, 0.25) is 15.9 Å². The van der Waals surface area contributed by atoms with Crippen LogP contribution in [0.2, 0.25) is 0 Å². The van der Waals surface area contributed by atoms with Gasteiger partial charge < -0.3 is 9.80 Å². The van der Waals surface area contributed by atoms with Crippen molar-refractivity contribution < 1.29 is 13.2 Å². The minimum atomic E-state index is -3.43. The molecule has 3 heterocycles. The normalized spacial score (nSPS) is 20.0. The standard InChI is InChI=1S/C19H30N4O3S/c1-19(2,3)18(24)22-10-6-9-21(13-14-22)17-8-7-16(15-20-17)27(25,26)23-11-4-5-12-23/h7-8,15H,4-6,9-14H2,1-3H3. The van der Waals surface area contributed by atoms with E-state index in [0.717, 1.165) is 38.2 Å². The third-order valence-electron chi connectivity index (χ3n) is 5.17. The van der Waals surface area contributed by atoms with Gasteiger partial charge in [-0.1, -0.05) is 20.8 Å². The van der Waals surface area contributed by atoms with E-state index in [4.69, 9.17) is 0 Å². The summed E-state index contributed by atoms with van der Waals surface area (Å²) in [7, 11) is -3.43. The van der Waals surface area contributed by atoms with Gasteiger partial charge in [-0.05, 0) is 31.4 Å². The van der Waals surface area contributed by atoms with Crippen molar-refractivity contribution in [3.8, 4) is 0 Å². The summed E-state index contributed by atoms with van der Waals surface area (Å²) < 4.78 is 26.8. The average Bonchev–Trinajstić information content (AvgIpc) is 3.07. The van der Waals surface area contributed by atoms with Gasteiger partial charge in [0.15, 0.2) is 0 Å². The Labute approximate surface area is 162 Å². The van der Waals surface area contributed by atoms with Gasteiger partial charge >= 0.3 is 0 Å². The van der Waals surface area contributed by atoms with Gasteiger partial charge in [0.1, 0.15) is 10.7 Å². The number of anilines is 1. The Bertz CT molecular complexity index is 765. The van der Waals surface area contributed by atoms with Crippen LogP contribution in [0.4, 0.5) is 5.82 Å². The summed E-state index contributed by atoms with van der Waals surface area (Å²) in [5, 5.41) is 0. The minimum Gasteiger partial charge on any atom is -0.355 e. The molecule has 27 heavy (non-hydrogen) atoms. The van der Waals surface area contributed by atoms with Gasteiger partial charge in [-0.3, -0.25) is 4.79 Å². The molecule has 1 amide bonds. The van der Waals surface area contributed by atoms with Crippen LogP contribution in [-0.2, 0) is 14.8 Å². The van der Waals surface area contributed by atoms with E-state index in [2.05, 4.69) is 9.88 Å². The fourth-order valence-corrected chi connectivity index (χ4v) is 5.08. The van der Waals surface area contributed by atoms with E-state index in [1.807, 2.05) is 25.7 Å². The van der Waals surface area contributed by atoms with Crippen LogP contribution >= 0.6 is 0 Å². The Morgan fingerprint density at radius 3 is 2.26 bits per heavy atom. The van der Waals surface area contributed by atoms with Crippen molar-refractivity contribution in [1.29, 1.82) is 0 Å². The second kappa shape index (κ2) is 7.75. The first kappa shape index (κ1) is 20.1. The number of hydrogen-bond donors (Lipinski definition) is 0. The van der Waals surface area contributed by atoms with Gasteiger partial charge in [-0.15, -0.1) is 0 Å². The Hall–Kier alpha value is -1.67. The third-order valence-corrected chi connectivity index (χ3v) is 7.05. The highest BCUT2D eigenvalue weighted by molar-refractivity contribution is 7.89. The third kappa shape index (κ3) is 4.43. The Morgan fingerprint density at radius 1 is 0.963 bits per heavy atom. The van der Waals surface area contributed by atoms with Crippen molar-refractivity contribution in [3.63, 3.8) is 0 Å². The van der Waals surface area contributed by atoms with Crippen molar-refractivity contribution in [2.75, 3.05) is 44.2 Å². The van der Waals surface area contributed by atoms with E-state index >= 15 is 0 Å². The molecule has 8 heteroatoms. The number of hydrogen-bond acceptors (Lipinski definition) is 5. The maximum atomic E-state index is 12.6. The first-order chi connectivity index (χ1) is 12.7. The first-order valence-corrected chi connectivity index (χ1v) is 11.1. The van der Waals surface area contributed by atoms with E-state index in [0.29, 0.717) is 26.2 Å². The van der Waals surface area contributed by atoms with Gasteiger partial charge in [-0.2, -0.15) is 4.31 Å². The van der Waals surface area contributed by atoms with Crippen molar-refractivity contribution in [2.24, 2.45) is 5.41 Å². The van der Waals surface area contributed by atoms with Crippen LogP contribution in [0.25, 0.3) is 0 Å². The lowest BCUT2D eigenvalue weighted by Gasteiger charge is -2.28. The molecule has 1 aromatic heterocycles. The second-order valence-electron chi connectivity index (χ2n) is 8.35. The maximum absolute atomic E-state index is 12.6. The van der Waals surface area contributed by atoms with E-state index in [-0.39, 0.29) is 16.2 Å². The second-order valence-corrected chi connectivity index (χ2v) is 10.3. The van der Waals surface area contributed by atoms with E-state index in [9.17, 15) is 13.2 Å². The van der Waals surface area contributed by atoms with Gasteiger partial charge in [-0.25, -0.2) is 13.4 Å². The number of sulfonamides is 1. The van der Waals surface area contributed by atoms with Crippen molar-refractivity contribution in [1.82, 2.24) is 14.2 Å². The summed E-state index contributed by atoms with van der Waals surface area (Å²) in [5.41, 5.74) is -0.376. The zero-order valence-electron chi connectivity index (χ0n) is 16.5. The number of carbonyl (C=O) groups is 1. The largest absolute Gasteiger partial charge is 0.355 e. The van der Waals surface area contributed by atoms with E-state index in [1.165, 1.54) is 10.5 Å². The number of amides is 1. The lowest BCUT2D eigenvalue weighted by atomic mass is 9.94. The maximum Gasteiger partial charge on any atom is 0.244 e.